The second kappa shape index (κ2) is 11.1. The number of pyridine rings is 1. The molecule has 0 bridgehead atoms. The molecule has 0 amide bonds. The molecule has 1 aromatic heterocycles. The van der Waals surface area contributed by atoms with Crippen molar-refractivity contribution < 1.29 is 27.8 Å². The molecule has 0 saturated heterocycles. The topological polar surface area (TPSA) is 98.4 Å². The van der Waals surface area contributed by atoms with Crippen LogP contribution < -0.4 is 10.3 Å². The van der Waals surface area contributed by atoms with Crippen LogP contribution in [0.5, 0.6) is 5.75 Å². The second-order valence-electron chi connectivity index (χ2n) is 7.76. The van der Waals surface area contributed by atoms with Crippen LogP contribution in [-0.4, -0.2) is 30.5 Å². The van der Waals surface area contributed by atoms with Crippen molar-refractivity contribution in [2.24, 2.45) is 0 Å². The quantitative estimate of drug-likeness (QED) is 0.397. The summed E-state index contributed by atoms with van der Waals surface area (Å²) in [7, 11) is 2.40. The van der Waals surface area contributed by atoms with Crippen LogP contribution in [0.25, 0.3) is 11.1 Å². The van der Waals surface area contributed by atoms with Crippen LogP contribution in [0.2, 0.25) is 5.02 Å². The molecule has 7 nitrogen and oxygen atoms in total. The molecule has 0 fully saturated rings. The van der Waals surface area contributed by atoms with E-state index in [1.165, 1.54) is 31.5 Å². The number of carbonyl (C=O) groups excluding carboxylic acids is 2. The number of rotatable bonds is 8. The molecule has 0 N–H and O–H groups in total. The number of benzene rings is 2. The molecule has 0 aliphatic rings. The Morgan fingerprint density at radius 2 is 1.83 bits per heavy atom. The summed E-state index contributed by atoms with van der Waals surface area (Å²) in [6, 6.07) is 9.00. The smallest absolute Gasteiger partial charge is 0.340 e. The SMILES string of the molecule is CCC(C(=O)Cc1ccc(C(=O)OC)c(F)c1F)n1cc(OC)c(-c2cc(Cl)ccc2C#N)cc1=O. The van der Waals surface area contributed by atoms with Crippen molar-refractivity contribution >= 4 is 23.4 Å². The molecule has 36 heavy (non-hydrogen) atoms. The lowest BCUT2D eigenvalue weighted by molar-refractivity contribution is -0.121. The van der Waals surface area contributed by atoms with Crippen molar-refractivity contribution in [3.8, 4) is 22.9 Å². The van der Waals surface area contributed by atoms with Crippen LogP contribution in [0.3, 0.4) is 0 Å². The maximum absolute atomic E-state index is 14.6. The summed E-state index contributed by atoms with van der Waals surface area (Å²) in [5.41, 5.74) is -0.459. The third-order valence-electron chi connectivity index (χ3n) is 5.68. The Morgan fingerprint density at radius 1 is 1.11 bits per heavy atom. The highest BCUT2D eigenvalue weighted by atomic mass is 35.5. The zero-order valence-electron chi connectivity index (χ0n) is 19.6. The second-order valence-corrected chi connectivity index (χ2v) is 8.20. The number of ketones is 1. The Kier molecular flexibility index (Phi) is 8.22. The summed E-state index contributed by atoms with van der Waals surface area (Å²) in [4.78, 5) is 37.7. The maximum atomic E-state index is 14.6. The number of ether oxygens (including phenoxy) is 2. The van der Waals surface area contributed by atoms with Crippen LogP contribution in [0.1, 0.15) is 40.9 Å². The molecule has 3 rings (SSSR count). The first-order valence-corrected chi connectivity index (χ1v) is 11.1. The molecular formula is C26H21ClF2N2O5. The molecule has 0 spiro atoms. The van der Waals surface area contributed by atoms with E-state index >= 15 is 0 Å². The Balaban J connectivity index is 2.01. The average Bonchev–Trinajstić information content (AvgIpc) is 2.87. The van der Waals surface area contributed by atoms with Gasteiger partial charge < -0.3 is 14.0 Å². The fourth-order valence-electron chi connectivity index (χ4n) is 3.86. The standard InChI is InChI=1S/C26H21ClF2N2O5/c1-4-20(21(32)9-14-6-8-17(26(34)36-3)25(29)24(14)28)31-13-22(35-2)19(11-23(31)33)18-10-16(27)7-5-15(18)12-30/h5-8,10-11,13,20H,4,9H2,1-3H3. The summed E-state index contributed by atoms with van der Waals surface area (Å²) in [5, 5.41) is 9.81. The number of hydrogen-bond donors (Lipinski definition) is 0. The molecule has 3 aromatic rings. The van der Waals surface area contributed by atoms with Gasteiger partial charge in [0.1, 0.15) is 5.75 Å². The Labute approximate surface area is 210 Å². The van der Waals surface area contributed by atoms with Crippen molar-refractivity contribution in [3.63, 3.8) is 0 Å². The number of aromatic nitrogens is 1. The van der Waals surface area contributed by atoms with E-state index in [1.807, 2.05) is 6.07 Å². The molecule has 2 aromatic carbocycles. The molecule has 10 heteroatoms. The predicted molar refractivity (Wildman–Crippen MR) is 128 cm³/mol. The highest BCUT2D eigenvalue weighted by Crippen LogP contribution is 2.33. The van der Waals surface area contributed by atoms with Gasteiger partial charge in [-0.1, -0.05) is 24.6 Å². The monoisotopic (exact) mass is 514 g/mol. The van der Waals surface area contributed by atoms with Gasteiger partial charge in [-0.15, -0.1) is 0 Å². The normalized spacial score (nSPS) is 11.5. The average molecular weight is 515 g/mol. The number of esters is 1. The minimum atomic E-state index is -1.42. The van der Waals surface area contributed by atoms with E-state index in [2.05, 4.69) is 4.74 Å². The van der Waals surface area contributed by atoms with Crippen LogP contribution in [0.15, 0.2) is 47.4 Å². The van der Waals surface area contributed by atoms with Crippen LogP contribution in [-0.2, 0) is 16.0 Å². The number of Topliss-reactive ketones (excluding diaryl/α,β-unsaturated/α-hetero) is 1. The van der Waals surface area contributed by atoms with Gasteiger partial charge in [0, 0.05) is 28.6 Å². The van der Waals surface area contributed by atoms with E-state index in [0.29, 0.717) is 16.1 Å². The third-order valence-corrected chi connectivity index (χ3v) is 5.92. The Morgan fingerprint density at radius 3 is 2.44 bits per heavy atom. The molecule has 1 atom stereocenters. The molecular weight excluding hydrogens is 494 g/mol. The highest BCUT2D eigenvalue weighted by molar-refractivity contribution is 6.31. The van der Waals surface area contributed by atoms with Gasteiger partial charge in [-0.2, -0.15) is 5.26 Å². The molecule has 0 aliphatic carbocycles. The minimum absolute atomic E-state index is 0.173. The number of carbonyl (C=O) groups is 2. The van der Waals surface area contributed by atoms with E-state index in [0.717, 1.165) is 23.8 Å². The predicted octanol–water partition coefficient (Wildman–Crippen LogP) is 4.88. The first-order chi connectivity index (χ1) is 17.2. The van der Waals surface area contributed by atoms with Crippen molar-refractivity contribution in [3.05, 3.63) is 86.3 Å². The first kappa shape index (κ1) is 26.6. The van der Waals surface area contributed by atoms with E-state index in [1.54, 1.807) is 13.0 Å². The minimum Gasteiger partial charge on any atom is -0.495 e. The lowest BCUT2D eigenvalue weighted by Gasteiger charge is -2.20. The lowest BCUT2D eigenvalue weighted by atomic mass is 9.98. The fourth-order valence-corrected chi connectivity index (χ4v) is 4.03. The van der Waals surface area contributed by atoms with Crippen molar-refractivity contribution in [2.45, 2.75) is 25.8 Å². The van der Waals surface area contributed by atoms with Gasteiger partial charge in [0.15, 0.2) is 17.4 Å². The van der Waals surface area contributed by atoms with Gasteiger partial charge in [0.25, 0.3) is 5.56 Å². The Hall–Kier alpha value is -4.03. The molecule has 0 radical (unpaired) electrons. The summed E-state index contributed by atoms with van der Waals surface area (Å²) in [6.45, 7) is 1.66. The molecule has 0 saturated carbocycles. The fraction of sp³-hybridized carbons (Fsp3) is 0.231. The zero-order chi connectivity index (χ0) is 26.6. The summed E-state index contributed by atoms with van der Waals surface area (Å²) in [6.07, 6.45) is 0.987. The first-order valence-electron chi connectivity index (χ1n) is 10.7. The van der Waals surface area contributed by atoms with Gasteiger partial charge in [-0.25, -0.2) is 13.6 Å². The highest BCUT2D eigenvalue weighted by Gasteiger charge is 2.26. The van der Waals surface area contributed by atoms with Crippen molar-refractivity contribution in [2.75, 3.05) is 14.2 Å². The van der Waals surface area contributed by atoms with Gasteiger partial charge in [-0.3, -0.25) is 9.59 Å². The van der Waals surface area contributed by atoms with E-state index in [4.69, 9.17) is 16.3 Å². The van der Waals surface area contributed by atoms with E-state index in [9.17, 15) is 28.4 Å². The van der Waals surface area contributed by atoms with Gasteiger partial charge >= 0.3 is 5.97 Å². The lowest BCUT2D eigenvalue weighted by Crippen LogP contribution is -2.30. The molecule has 1 heterocycles. The Bertz CT molecular complexity index is 1450. The molecule has 0 aliphatic heterocycles. The number of methoxy groups -OCH3 is 2. The molecule has 186 valence electrons. The van der Waals surface area contributed by atoms with Crippen molar-refractivity contribution in [1.82, 2.24) is 4.57 Å². The number of halogens is 3. The third kappa shape index (κ3) is 5.14. The van der Waals surface area contributed by atoms with E-state index in [-0.39, 0.29) is 23.3 Å². The summed E-state index contributed by atoms with van der Waals surface area (Å²) < 4.78 is 39.9. The van der Waals surface area contributed by atoms with Crippen LogP contribution >= 0.6 is 11.6 Å². The summed E-state index contributed by atoms with van der Waals surface area (Å²) in [5.74, 6) is -4.16. The zero-order valence-corrected chi connectivity index (χ0v) is 20.4. The van der Waals surface area contributed by atoms with Gasteiger partial charge in [0.2, 0.25) is 0 Å². The maximum Gasteiger partial charge on any atom is 0.340 e. The van der Waals surface area contributed by atoms with Gasteiger partial charge in [0.05, 0.1) is 43.7 Å². The number of nitrogens with zero attached hydrogens (tertiary/aromatic N) is 2. The van der Waals surface area contributed by atoms with Crippen molar-refractivity contribution in [1.29, 1.82) is 5.26 Å². The van der Waals surface area contributed by atoms with Crippen LogP contribution in [0, 0.1) is 23.0 Å². The molecule has 1 unspecified atom stereocenters. The summed E-state index contributed by atoms with van der Waals surface area (Å²) >= 11 is 6.08. The van der Waals surface area contributed by atoms with Crippen LogP contribution in [0.4, 0.5) is 8.78 Å². The number of hydrogen-bond acceptors (Lipinski definition) is 6. The largest absolute Gasteiger partial charge is 0.495 e. The number of nitriles is 1. The van der Waals surface area contributed by atoms with Gasteiger partial charge in [-0.05, 0) is 36.2 Å². The van der Waals surface area contributed by atoms with E-state index < -0.39 is 47.0 Å².